The number of carbonyl (C=O) groups is 1. The smallest absolute Gasteiger partial charge is 0.247 e. The van der Waals surface area contributed by atoms with E-state index in [4.69, 9.17) is 0 Å². The fourth-order valence-electron chi connectivity index (χ4n) is 2.23. The molecule has 0 atom stereocenters. The molecule has 0 saturated carbocycles. The van der Waals surface area contributed by atoms with Crippen LogP contribution in [0.4, 0.5) is 5.82 Å². The Hall–Kier alpha value is -3.06. The molecule has 2 heterocycles. The number of hydrogen-bond acceptors (Lipinski definition) is 5. The van der Waals surface area contributed by atoms with Crippen LogP contribution in [0.1, 0.15) is 5.69 Å². The van der Waals surface area contributed by atoms with Crippen molar-refractivity contribution in [3.63, 3.8) is 0 Å². The number of nitrogens with zero attached hydrogens (tertiary/aromatic N) is 4. The van der Waals surface area contributed by atoms with Crippen molar-refractivity contribution in [2.75, 3.05) is 5.32 Å². The van der Waals surface area contributed by atoms with Crippen molar-refractivity contribution in [1.82, 2.24) is 20.0 Å². The first kappa shape index (κ1) is 14.9. The third-order valence-electron chi connectivity index (χ3n) is 3.23. The van der Waals surface area contributed by atoms with Gasteiger partial charge in [-0.1, -0.05) is 41.6 Å². The summed E-state index contributed by atoms with van der Waals surface area (Å²) in [5, 5.41) is 20.0. The maximum atomic E-state index is 12.2. The Balaban J connectivity index is 1.83. The van der Waals surface area contributed by atoms with Gasteiger partial charge in [-0.25, -0.2) is 9.67 Å². The van der Waals surface area contributed by atoms with Crippen LogP contribution in [0.25, 0.3) is 11.3 Å². The summed E-state index contributed by atoms with van der Waals surface area (Å²) in [5.74, 6) is 0.205. The second-order valence-electron chi connectivity index (χ2n) is 4.83. The van der Waals surface area contributed by atoms with Crippen LogP contribution in [0.5, 0.6) is 0 Å². The number of nitrogens with one attached hydrogen (secondary N) is 1. The Morgan fingerprint density at radius 2 is 1.91 bits per heavy atom. The van der Waals surface area contributed by atoms with Crippen LogP contribution in [-0.4, -0.2) is 31.0 Å². The van der Waals surface area contributed by atoms with E-state index in [-0.39, 0.29) is 19.1 Å². The van der Waals surface area contributed by atoms with Crippen molar-refractivity contribution in [1.29, 1.82) is 0 Å². The molecular weight excluding hydrogens is 294 g/mol. The third-order valence-corrected chi connectivity index (χ3v) is 3.23. The number of hydrogen-bond donors (Lipinski definition) is 2. The summed E-state index contributed by atoms with van der Waals surface area (Å²) < 4.78 is 1.47. The monoisotopic (exact) mass is 309 g/mol. The molecule has 0 saturated heterocycles. The van der Waals surface area contributed by atoms with Gasteiger partial charge in [0.2, 0.25) is 5.91 Å². The van der Waals surface area contributed by atoms with Crippen molar-refractivity contribution < 1.29 is 9.90 Å². The molecule has 0 radical (unpaired) electrons. The molecule has 0 bridgehead atoms. The summed E-state index contributed by atoms with van der Waals surface area (Å²) in [6.07, 6.45) is 1.60. The molecule has 7 heteroatoms. The average molecular weight is 309 g/mol. The van der Waals surface area contributed by atoms with E-state index in [0.29, 0.717) is 17.2 Å². The number of amides is 1. The summed E-state index contributed by atoms with van der Waals surface area (Å²) in [7, 11) is 0. The maximum Gasteiger partial charge on any atom is 0.247 e. The quantitative estimate of drug-likeness (QED) is 0.744. The van der Waals surface area contributed by atoms with E-state index >= 15 is 0 Å². The average Bonchev–Trinajstić information content (AvgIpc) is 2.99. The summed E-state index contributed by atoms with van der Waals surface area (Å²) in [5.41, 5.74) is 1.90. The molecule has 116 valence electrons. The number of benzene rings is 1. The lowest BCUT2D eigenvalue weighted by molar-refractivity contribution is -0.116. The summed E-state index contributed by atoms with van der Waals surface area (Å²) in [6, 6.07) is 14.7. The van der Waals surface area contributed by atoms with Gasteiger partial charge < -0.3 is 10.4 Å². The molecule has 0 fully saturated rings. The van der Waals surface area contributed by atoms with E-state index in [1.54, 1.807) is 24.4 Å². The first-order valence-corrected chi connectivity index (χ1v) is 7.07. The minimum absolute atomic E-state index is 0.0200. The fourth-order valence-corrected chi connectivity index (χ4v) is 2.23. The van der Waals surface area contributed by atoms with Crippen LogP contribution in [0.15, 0.2) is 54.7 Å². The molecule has 0 aliphatic rings. The predicted octanol–water partition coefficient (Wildman–Crippen LogP) is 1.47. The molecule has 23 heavy (non-hydrogen) atoms. The normalized spacial score (nSPS) is 10.5. The molecule has 7 nitrogen and oxygen atoms in total. The van der Waals surface area contributed by atoms with Gasteiger partial charge in [0.1, 0.15) is 18.1 Å². The van der Waals surface area contributed by atoms with Gasteiger partial charge in [0.05, 0.1) is 12.3 Å². The van der Waals surface area contributed by atoms with Crippen molar-refractivity contribution in [2.24, 2.45) is 0 Å². The van der Waals surface area contributed by atoms with Gasteiger partial charge in [0.15, 0.2) is 0 Å². The highest BCUT2D eigenvalue weighted by Crippen LogP contribution is 2.22. The van der Waals surface area contributed by atoms with Gasteiger partial charge >= 0.3 is 0 Å². The SMILES string of the molecule is O=C(Cn1nnc(CO)c1-c1ccccc1)Nc1ccccn1. The van der Waals surface area contributed by atoms with E-state index in [0.717, 1.165) is 5.56 Å². The number of pyridine rings is 1. The van der Waals surface area contributed by atoms with Gasteiger partial charge in [0, 0.05) is 11.8 Å². The lowest BCUT2D eigenvalue weighted by atomic mass is 10.1. The number of rotatable bonds is 5. The van der Waals surface area contributed by atoms with Gasteiger partial charge in [0.25, 0.3) is 0 Å². The van der Waals surface area contributed by atoms with Crippen molar-refractivity contribution in [3.8, 4) is 11.3 Å². The molecule has 2 N–H and O–H groups in total. The Kier molecular flexibility index (Phi) is 4.39. The molecule has 2 aromatic heterocycles. The molecule has 0 spiro atoms. The highest BCUT2D eigenvalue weighted by molar-refractivity contribution is 5.89. The Morgan fingerprint density at radius 1 is 1.13 bits per heavy atom. The second-order valence-corrected chi connectivity index (χ2v) is 4.83. The molecule has 1 aromatic carbocycles. The Bertz CT molecular complexity index is 787. The Labute approximate surface area is 132 Å². The lowest BCUT2D eigenvalue weighted by Gasteiger charge is -2.08. The molecule has 0 aliphatic carbocycles. The minimum Gasteiger partial charge on any atom is -0.390 e. The zero-order chi connectivity index (χ0) is 16.1. The van der Waals surface area contributed by atoms with Crippen LogP contribution in [0.3, 0.4) is 0 Å². The van der Waals surface area contributed by atoms with E-state index in [1.165, 1.54) is 4.68 Å². The van der Waals surface area contributed by atoms with Gasteiger partial charge in [-0.2, -0.15) is 0 Å². The lowest BCUT2D eigenvalue weighted by Crippen LogP contribution is -2.20. The second kappa shape index (κ2) is 6.80. The highest BCUT2D eigenvalue weighted by atomic mass is 16.3. The van der Waals surface area contributed by atoms with Gasteiger partial charge in [-0.3, -0.25) is 4.79 Å². The van der Waals surface area contributed by atoms with Crippen molar-refractivity contribution in [2.45, 2.75) is 13.2 Å². The first-order chi connectivity index (χ1) is 11.3. The summed E-state index contributed by atoms with van der Waals surface area (Å²) >= 11 is 0. The van der Waals surface area contributed by atoms with Crippen molar-refractivity contribution in [3.05, 3.63) is 60.4 Å². The van der Waals surface area contributed by atoms with E-state index in [1.807, 2.05) is 30.3 Å². The molecule has 1 amide bonds. The molecule has 3 rings (SSSR count). The van der Waals surface area contributed by atoms with Gasteiger partial charge in [-0.05, 0) is 12.1 Å². The van der Waals surface area contributed by atoms with Crippen molar-refractivity contribution >= 4 is 11.7 Å². The maximum absolute atomic E-state index is 12.2. The number of carbonyl (C=O) groups excluding carboxylic acids is 1. The zero-order valence-electron chi connectivity index (χ0n) is 12.3. The molecule has 0 aliphatic heterocycles. The van der Waals surface area contributed by atoms with Crippen LogP contribution in [0.2, 0.25) is 0 Å². The first-order valence-electron chi connectivity index (χ1n) is 7.07. The van der Waals surface area contributed by atoms with E-state index < -0.39 is 0 Å². The number of aromatic nitrogens is 4. The van der Waals surface area contributed by atoms with Crippen LogP contribution < -0.4 is 5.32 Å². The third kappa shape index (κ3) is 3.41. The molecule has 0 unspecified atom stereocenters. The topological polar surface area (TPSA) is 92.9 Å². The fraction of sp³-hybridized carbons (Fsp3) is 0.125. The highest BCUT2D eigenvalue weighted by Gasteiger charge is 2.16. The van der Waals surface area contributed by atoms with E-state index in [2.05, 4.69) is 20.6 Å². The van der Waals surface area contributed by atoms with E-state index in [9.17, 15) is 9.90 Å². The minimum atomic E-state index is -0.268. The van der Waals surface area contributed by atoms with Crippen LogP contribution in [0, 0.1) is 0 Å². The largest absolute Gasteiger partial charge is 0.390 e. The summed E-state index contributed by atoms with van der Waals surface area (Å²) in [4.78, 5) is 16.2. The van der Waals surface area contributed by atoms with Gasteiger partial charge in [-0.15, -0.1) is 5.10 Å². The number of aliphatic hydroxyl groups is 1. The van der Waals surface area contributed by atoms with Crippen LogP contribution >= 0.6 is 0 Å². The zero-order valence-corrected chi connectivity index (χ0v) is 12.3. The van der Waals surface area contributed by atoms with Crippen LogP contribution in [-0.2, 0) is 17.9 Å². The standard InChI is InChI=1S/C16H15N5O2/c22-11-13-16(12-6-2-1-3-7-12)21(20-19-13)10-15(23)18-14-8-4-5-9-17-14/h1-9,22H,10-11H2,(H,17,18,23). The summed E-state index contributed by atoms with van der Waals surface area (Å²) in [6.45, 7) is -0.264. The predicted molar refractivity (Wildman–Crippen MR) is 84.2 cm³/mol. The number of anilines is 1. The molecule has 3 aromatic rings. The molecular formula is C16H15N5O2. The Morgan fingerprint density at radius 3 is 2.61 bits per heavy atom. The number of aliphatic hydroxyl groups excluding tert-OH is 1.